The molecule has 0 aliphatic carbocycles. The first kappa shape index (κ1) is 11.6. The van der Waals surface area contributed by atoms with Crippen LogP contribution in [0.4, 0.5) is 0 Å². The van der Waals surface area contributed by atoms with Gasteiger partial charge in [0.2, 0.25) is 4.96 Å². The number of rotatable bonds is 3. The first-order chi connectivity index (χ1) is 8.76. The van der Waals surface area contributed by atoms with Gasteiger partial charge in [-0.2, -0.15) is 5.10 Å². The predicted octanol–water partition coefficient (Wildman–Crippen LogP) is 2.61. The molecule has 0 radical (unpaired) electrons. The van der Waals surface area contributed by atoms with Crippen molar-refractivity contribution in [2.24, 2.45) is 5.73 Å². The molecule has 0 saturated carbocycles. The Bertz CT molecular complexity index is 640. The molecule has 2 heterocycles. The van der Waals surface area contributed by atoms with Crippen LogP contribution in [0.3, 0.4) is 0 Å². The Labute approximate surface area is 113 Å². The van der Waals surface area contributed by atoms with Crippen LogP contribution in [0.25, 0.3) is 16.2 Å². The molecule has 0 fully saturated rings. The molecule has 0 spiro atoms. The van der Waals surface area contributed by atoms with Crippen molar-refractivity contribution < 1.29 is 0 Å². The Kier molecular flexibility index (Phi) is 3.03. The van der Waals surface area contributed by atoms with Gasteiger partial charge in [0.1, 0.15) is 5.01 Å². The van der Waals surface area contributed by atoms with Crippen LogP contribution in [0.2, 0.25) is 5.02 Å². The number of nitrogens with zero attached hydrogens (tertiary/aromatic N) is 3. The van der Waals surface area contributed by atoms with E-state index in [1.54, 1.807) is 15.9 Å². The highest BCUT2D eigenvalue weighted by atomic mass is 35.5. The van der Waals surface area contributed by atoms with Gasteiger partial charge >= 0.3 is 0 Å². The summed E-state index contributed by atoms with van der Waals surface area (Å²) in [5.74, 6) is 0. The van der Waals surface area contributed by atoms with E-state index >= 15 is 0 Å². The van der Waals surface area contributed by atoms with Crippen LogP contribution < -0.4 is 5.73 Å². The van der Waals surface area contributed by atoms with Crippen LogP contribution in [0.5, 0.6) is 0 Å². The molecule has 6 heteroatoms. The fourth-order valence-corrected chi connectivity index (χ4v) is 2.74. The molecule has 3 aromatic rings. The topological polar surface area (TPSA) is 56.2 Å². The molecule has 0 bridgehead atoms. The van der Waals surface area contributed by atoms with Crippen LogP contribution >= 0.6 is 22.9 Å². The minimum atomic E-state index is 0.612. The smallest absolute Gasteiger partial charge is 0.212 e. The van der Waals surface area contributed by atoms with E-state index < -0.39 is 0 Å². The third-order valence-corrected chi connectivity index (χ3v) is 3.82. The fourth-order valence-electron chi connectivity index (χ4n) is 1.73. The third-order valence-electron chi connectivity index (χ3n) is 2.58. The molecule has 0 amide bonds. The average Bonchev–Trinajstić information content (AvgIpc) is 2.88. The minimum absolute atomic E-state index is 0.612. The molecule has 4 nitrogen and oxygen atoms in total. The number of halogens is 1. The van der Waals surface area contributed by atoms with Crippen molar-refractivity contribution in [1.29, 1.82) is 0 Å². The Morgan fingerprint density at radius 1 is 1.28 bits per heavy atom. The molecule has 3 rings (SSSR count). The molecule has 2 N–H and O–H groups in total. The molecule has 0 saturated heterocycles. The molecule has 1 aromatic carbocycles. The molecule has 0 aliphatic heterocycles. The van der Waals surface area contributed by atoms with Gasteiger partial charge in [-0.1, -0.05) is 35.1 Å². The standard InChI is InChI=1S/C12H11ClN4S/c13-9-3-1-8(2-4-9)10-7-17-12(15-10)18-11(16-17)5-6-14/h1-4,7H,5-6,14H2. The lowest BCUT2D eigenvalue weighted by molar-refractivity contribution is 0.873. The van der Waals surface area contributed by atoms with Gasteiger partial charge in [0.15, 0.2) is 0 Å². The van der Waals surface area contributed by atoms with Crippen molar-refractivity contribution >= 4 is 27.9 Å². The van der Waals surface area contributed by atoms with Crippen molar-refractivity contribution in [3.8, 4) is 11.3 Å². The van der Waals surface area contributed by atoms with Crippen LogP contribution in [0.15, 0.2) is 30.5 Å². The van der Waals surface area contributed by atoms with Gasteiger partial charge in [0.05, 0.1) is 11.9 Å². The van der Waals surface area contributed by atoms with Gasteiger partial charge < -0.3 is 5.73 Å². The molecule has 0 atom stereocenters. The zero-order valence-electron chi connectivity index (χ0n) is 9.51. The maximum atomic E-state index is 5.86. The summed E-state index contributed by atoms with van der Waals surface area (Å²) in [6.45, 7) is 0.612. The lowest BCUT2D eigenvalue weighted by Crippen LogP contribution is -2.02. The van der Waals surface area contributed by atoms with Crippen LogP contribution in [0, 0.1) is 0 Å². The van der Waals surface area contributed by atoms with E-state index in [2.05, 4.69) is 10.1 Å². The second-order valence-electron chi connectivity index (χ2n) is 3.89. The highest BCUT2D eigenvalue weighted by Crippen LogP contribution is 2.23. The van der Waals surface area contributed by atoms with Crippen molar-refractivity contribution in [1.82, 2.24) is 14.6 Å². The van der Waals surface area contributed by atoms with Gasteiger partial charge in [-0.25, -0.2) is 9.50 Å². The van der Waals surface area contributed by atoms with E-state index in [1.165, 1.54) is 0 Å². The zero-order chi connectivity index (χ0) is 12.5. The summed E-state index contributed by atoms with van der Waals surface area (Å²) in [6.07, 6.45) is 2.72. The Morgan fingerprint density at radius 2 is 2.06 bits per heavy atom. The summed E-state index contributed by atoms with van der Waals surface area (Å²) in [5.41, 5.74) is 7.46. The quantitative estimate of drug-likeness (QED) is 0.801. The lowest BCUT2D eigenvalue weighted by Gasteiger charge is -1.95. The maximum Gasteiger partial charge on any atom is 0.212 e. The van der Waals surface area contributed by atoms with Crippen molar-refractivity contribution in [2.45, 2.75) is 6.42 Å². The van der Waals surface area contributed by atoms with Crippen LogP contribution in [-0.4, -0.2) is 21.1 Å². The number of nitrogens with two attached hydrogens (primary N) is 1. The number of aromatic nitrogens is 3. The van der Waals surface area contributed by atoms with E-state index in [4.69, 9.17) is 17.3 Å². The number of hydrogen-bond donors (Lipinski definition) is 1. The van der Waals surface area contributed by atoms with Crippen molar-refractivity contribution in [3.05, 3.63) is 40.5 Å². The largest absolute Gasteiger partial charge is 0.330 e. The van der Waals surface area contributed by atoms with E-state index in [1.807, 2.05) is 30.5 Å². The molecular formula is C12H11ClN4S. The van der Waals surface area contributed by atoms with Gasteiger partial charge in [0.25, 0.3) is 0 Å². The first-order valence-corrected chi connectivity index (χ1v) is 6.77. The number of imidazole rings is 1. The first-order valence-electron chi connectivity index (χ1n) is 5.57. The molecule has 92 valence electrons. The SMILES string of the molecule is NCCc1nn2cc(-c3ccc(Cl)cc3)nc2s1. The normalized spacial score (nSPS) is 11.2. The number of benzene rings is 1. The summed E-state index contributed by atoms with van der Waals surface area (Å²) in [7, 11) is 0. The van der Waals surface area contributed by atoms with Crippen molar-refractivity contribution in [3.63, 3.8) is 0 Å². The Balaban J connectivity index is 1.98. The van der Waals surface area contributed by atoms with E-state index in [0.717, 1.165) is 32.7 Å². The van der Waals surface area contributed by atoms with E-state index in [-0.39, 0.29) is 0 Å². The highest BCUT2D eigenvalue weighted by Gasteiger charge is 2.09. The average molecular weight is 279 g/mol. The molecule has 0 aliphatic rings. The summed E-state index contributed by atoms with van der Waals surface area (Å²) in [4.78, 5) is 5.44. The summed E-state index contributed by atoms with van der Waals surface area (Å²) in [5, 5.41) is 6.17. The third kappa shape index (κ3) is 2.12. The summed E-state index contributed by atoms with van der Waals surface area (Å²) in [6, 6.07) is 7.63. The fraction of sp³-hybridized carbons (Fsp3) is 0.167. The van der Waals surface area contributed by atoms with Gasteiger partial charge in [0, 0.05) is 17.0 Å². The summed E-state index contributed by atoms with van der Waals surface area (Å²) >= 11 is 7.44. The second-order valence-corrected chi connectivity index (χ2v) is 5.37. The number of fused-ring (bicyclic) bond motifs is 1. The number of hydrogen-bond acceptors (Lipinski definition) is 4. The molecule has 18 heavy (non-hydrogen) atoms. The van der Waals surface area contributed by atoms with E-state index in [0.29, 0.717) is 6.54 Å². The molecule has 0 unspecified atom stereocenters. The lowest BCUT2D eigenvalue weighted by atomic mass is 10.2. The van der Waals surface area contributed by atoms with Crippen LogP contribution in [0.1, 0.15) is 5.01 Å². The molecule has 2 aromatic heterocycles. The predicted molar refractivity (Wildman–Crippen MR) is 74.1 cm³/mol. The Hall–Kier alpha value is -1.43. The van der Waals surface area contributed by atoms with Crippen LogP contribution in [-0.2, 0) is 6.42 Å². The maximum absolute atomic E-state index is 5.86. The van der Waals surface area contributed by atoms with Gasteiger partial charge in [-0.15, -0.1) is 0 Å². The second kappa shape index (κ2) is 4.68. The van der Waals surface area contributed by atoms with Gasteiger partial charge in [-0.05, 0) is 18.7 Å². The van der Waals surface area contributed by atoms with Crippen molar-refractivity contribution in [2.75, 3.05) is 6.54 Å². The minimum Gasteiger partial charge on any atom is -0.330 e. The Morgan fingerprint density at radius 3 is 2.72 bits per heavy atom. The van der Waals surface area contributed by atoms with E-state index in [9.17, 15) is 0 Å². The zero-order valence-corrected chi connectivity index (χ0v) is 11.1. The monoisotopic (exact) mass is 278 g/mol. The summed E-state index contributed by atoms with van der Waals surface area (Å²) < 4.78 is 1.81. The highest BCUT2D eigenvalue weighted by molar-refractivity contribution is 7.16. The van der Waals surface area contributed by atoms with Gasteiger partial charge in [-0.3, -0.25) is 0 Å². The molecular weight excluding hydrogens is 268 g/mol.